The molecule has 0 aromatic heterocycles. The third kappa shape index (κ3) is 5.42. The number of sulfonamides is 2. The predicted molar refractivity (Wildman–Crippen MR) is 84.2 cm³/mol. The highest BCUT2D eigenvalue weighted by Gasteiger charge is 2.48. The van der Waals surface area contributed by atoms with Crippen molar-refractivity contribution in [2.45, 2.75) is 43.0 Å². The zero-order valence-electron chi connectivity index (χ0n) is 13.4. The summed E-state index contributed by atoms with van der Waals surface area (Å²) in [5, 5.41) is 8.86. The highest BCUT2D eigenvalue weighted by atomic mass is 32.3. The van der Waals surface area contributed by atoms with Crippen LogP contribution in [0, 0.1) is 17.2 Å². The highest BCUT2D eigenvalue weighted by molar-refractivity contribution is 8.05. The number of hydrogen-bond donors (Lipinski definition) is 1. The number of halogens is 3. The van der Waals surface area contributed by atoms with E-state index in [-0.39, 0.29) is 11.8 Å². The van der Waals surface area contributed by atoms with Gasteiger partial charge in [-0.1, -0.05) is 23.2 Å². The van der Waals surface area contributed by atoms with Crippen molar-refractivity contribution in [3.63, 3.8) is 0 Å². The molecule has 0 spiro atoms. The zero-order valence-corrected chi connectivity index (χ0v) is 15.0. The van der Waals surface area contributed by atoms with Crippen molar-refractivity contribution < 1.29 is 30.0 Å². The van der Waals surface area contributed by atoms with Gasteiger partial charge in [0, 0.05) is 5.92 Å². The third-order valence-corrected chi connectivity index (χ3v) is 6.79. The molecule has 0 aliphatic carbocycles. The number of benzene rings is 1. The number of nitriles is 1. The molecule has 25 heavy (non-hydrogen) atoms. The van der Waals surface area contributed by atoms with Gasteiger partial charge in [0.1, 0.15) is 0 Å². The lowest BCUT2D eigenvalue weighted by Crippen LogP contribution is -2.40. The van der Waals surface area contributed by atoms with Gasteiger partial charge in [-0.2, -0.15) is 18.4 Å². The van der Waals surface area contributed by atoms with Crippen molar-refractivity contribution in [1.29, 1.82) is 5.26 Å². The first kappa shape index (κ1) is 21.4. The lowest BCUT2D eigenvalue weighted by Gasteiger charge is -2.17. The van der Waals surface area contributed by atoms with E-state index in [9.17, 15) is 30.0 Å². The maximum absolute atomic E-state index is 12.3. The molecule has 2 atom stereocenters. The van der Waals surface area contributed by atoms with Crippen molar-refractivity contribution >= 4 is 20.0 Å². The van der Waals surface area contributed by atoms with Gasteiger partial charge in [0.05, 0.1) is 11.0 Å². The van der Waals surface area contributed by atoms with Gasteiger partial charge >= 0.3 is 15.5 Å². The van der Waals surface area contributed by atoms with Crippen LogP contribution < -0.4 is 4.13 Å². The molecule has 0 saturated carbocycles. The van der Waals surface area contributed by atoms with E-state index in [0.29, 0.717) is 22.5 Å². The van der Waals surface area contributed by atoms with Gasteiger partial charge in [-0.05, 0) is 43.4 Å². The molecule has 0 aliphatic rings. The molecule has 1 aromatic carbocycles. The minimum Gasteiger partial charge on any atom is -0.206 e. The third-order valence-electron chi connectivity index (χ3n) is 3.54. The molecule has 0 radical (unpaired) electrons. The summed E-state index contributed by atoms with van der Waals surface area (Å²) in [5.74, 6) is -0.245. The molecule has 140 valence electrons. The molecule has 0 heterocycles. The normalized spacial score (nSPS) is 15.4. The average molecular weight is 398 g/mol. The second-order valence-electron chi connectivity index (χ2n) is 5.48. The van der Waals surface area contributed by atoms with E-state index in [2.05, 4.69) is 6.07 Å². The summed E-state index contributed by atoms with van der Waals surface area (Å²) in [6, 6.07) is 6.95. The van der Waals surface area contributed by atoms with Crippen molar-refractivity contribution in [1.82, 2.24) is 4.13 Å². The second kappa shape index (κ2) is 7.72. The van der Waals surface area contributed by atoms with Gasteiger partial charge in [-0.25, -0.2) is 16.8 Å². The molecule has 1 N–H and O–H groups in total. The largest absolute Gasteiger partial charge is 0.512 e. The Morgan fingerprint density at radius 3 is 2.08 bits per heavy atom. The standard InChI is InChI=1S/C14H17F3N2O4S2/c1-3-11(8-10(2)9-18)12-4-6-13(7-5-12)24(20,21)19-25(22,23)14(15,16)17/h4-7,10-11,19H,3,8H2,1-2H3. The van der Waals surface area contributed by atoms with Crippen LogP contribution in [-0.4, -0.2) is 22.3 Å². The van der Waals surface area contributed by atoms with E-state index in [1.807, 2.05) is 6.92 Å². The van der Waals surface area contributed by atoms with E-state index < -0.39 is 30.5 Å². The number of nitrogens with zero attached hydrogens (tertiary/aromatic N) is 1. The second-order valence-corrected chi connectivity index (χ2v) is 9.09. The van der Waals surface area contributed by atoms with Crippen LogP contribution in [0.2, 0.25) is 0 Å². The molecule has 11 heteroatoms. The van der Waals surface area contributed by atoms with E-state index in [1.165, 1.54) is 12.1 Å². The number of hydrogen-bond acceptors (Lipinski definition) is 5. The molecule has 0 amide bonds. The molecule has 6 nitrogen and oxygen atoms in total. The van der Waals surface area contributed by atoms with Crippen LogP contribution in [0.15, 0.2) is 29.2 Å². The molecule has 2 unspecified atom stereocenters. The summed E-state index contributed by atoms with van der Waals surface area (Å²) >= 11 is 0. The van der Waals surface area contributed by atoms with Crippen LogP contribution in [0.1, 0.15) is 38.2 Å². The van der Waals surface area contributed by atoms with E-state index >= 15 is 0 Å². The van der Waals surface area contributed by atoms with Crippen LogP contribution in [0.3, 0.4) is 0 Å². The average Bonchev–Trinajstić information content (AvgIpc) is 2.50. The van der Waals surface area contributed by atoms with Crippen molar-refractivity contribution in [2.75, 3.05) is 0 Å². The Morgan fingerprint density at radius 1 is 1.16 bits per heavy atom. The molecular weight excluding hydrogens is 381 g/mol. The fourth-order valence-corrected chi connectivity index (χ4v) is 4.59. The fourth-order valence-electron chi connectivity index (χ4n) is 2.18. The van der Waals surface area contributed by atoms with Gasteiger partial charge in [-0.3, -0.25) is 0 Å². The smallest absolute Gasteiger partial charge is 0.206 e. The van der Waals surface area contributed by atoms with Crippen molar-refractivity contribution in [2.24, 2.45) is 5.92 Å². The lowest BCUT2D eigenvalue weighted by atomic mass is 9.88. The van der Waals surface area contributed by atoms with Crippen molar-refractivity contribution in [3.05, 3.63) is 29.8 Å². The van der Waals surface area contributed by atoms with E-state index in [0.717, 1.165) is 12.1 Å². The SMILES string of the molecule is CCC(CC(C)C#N)c1ccc(S(=O)(=O)NS(=O)(=O)C(F)(F)F)cc1. The summed E-state index contributed by atoms with van der Waals surface area (Å²) in [4.78, 5) is -0.604. The van der Waals surface area contributed by atoms with Gasteiger partial charge in [0.15, 0.2) is 0 Å². The monoisotopic (exact) mass is 398 g/mol. The molecule has 0 fully saturated rings. The Morgan fingerprint density at radius 2 is 1.68 bits per heavy atom. The Bertz CT molecular complexity index is 842. The first-order valence-corrected chi connectivity index (χ1v) is 10.1. The summed E-state index contributed by atoms with van der Waals surface area (Å²) in [6.07, 6.45) is 1.22. The molecule has 1 rings (SSSR count). The molecule has 0 bridgehead atoms. The number of nitrogens with one attached hydrogen (secondary N) is 1. The Hall–Kier alpha value is -1.64. The Labute approximate surface area is 144 Å². The molecule has 0 aliphatic heterocycles. The van der Waals surface area contributed by atoms with Crippen LogP contribution in [0.5, 0.6) is 0 Å². The van der Waals surface area contributed by atoms with Gasteiger partial charge in [0.25, 0.3) is 10.0 Å². The first-order chi connectivity index (χ1) is 11.3. The first-order valence-electron chi connectivity index (χ1n) is 7.18. The quantitative estimate of drug-likeness (QED) is 0.761. The van der Waals surface area contributed by atoms with Crippen LogP contribution in [0.4, 0.5) is 13.2 Å². The Kier molecular flexibility index (Phi) is 6.61. The summed E-state index contributed by atoms with van der Waals surface area (Å²) < 4.78 is 83.2. The van der Waals surface area contributed by atoms with Crippen LogP contribution >= 0.6 is 0 Å². The molecule has 0 saturated heterocycles. The molecule has 1 aromatic rings. The highest BCUT2D eigenvalue weighted by Crippen LogP contribution is 2.28. The van der Waals surface area contributed by atoms with E-state index in [1.54, 1.807) is 6.92 Å². The summed E-state index contributed by atoms with van der Waals surface area (Å²) in [7, 11) is -10.9. The van der Waals surface area contributed by atoms with Gasteiger partial charge in [-0.15, -0.1) is 0 Å². The maximum atomic E-state index is 12.3. The van der Waals surface area contributed by atoms with Gasteiger partial charge in [0.2, 0.25) is 0 Å². The summed E-state index contributed by atoms with van der Waals surface area (Å²) in [5.41, 5.74) is -5.02. The lowest BCUT2D eigenvalue weighted by molar-refractivity contribution is -0.0441. The van der Waals surface area contributed by atoms with Gasteiger partial charge < -0.3 is 0 Å². The van der Waals surface area contributed by atoms with Crippen LogP contribution in [0.25, 0.3) is 0 Å². The Balaban J connectivity index is 3.08. The minimum atomic E-state index is -6.03. The van der Waals surface area contributed by atoms with Crippen LogP contribution in [-0.2, 0) is 20.0 Å². The fraction of sp³-hybridized carbons (Fsp3) is 0.500. The predicted octanol–water partition coefficient (Wildman–Crippen LogP) is 2.86. The number of alkyl halides is 3. The maximum Gasteiger partial charge on any atom is 0.512 e. The topological polar surface area (TPSA) is 104 Å². The summed E-state index contributed by atoms with van der Waals surface area (Å²) in [6.45, 7) is 3.63. The number of rotatable bonds is 7. The van der Waals surface area contributed by atoms with E-state index in [4.69, 9.17) is 5.26 Å². The minimum absolute atomic E-state index is 0.0294. The molecular formula is C14H17F3N2O4S2. The zero-order chi connectivity index (χ0) is 19.5. The van der Waals surface area contributed by atoms with Crippen molar-refractivity contribution in [3.8, 4) is 6.07 Å².